The van der Waals surface area contributed by atoms with E-state index in [-0.39, 0.29) is 17.0 Å². The summed E-state index contributed by atoms with van der Waals surface area (Å²) in [5.74, 6) is 0.798. The van der Waals surface area contributed by atoms with Gasteiger partial charge in [0.15, 0.2) is 0 Å². The van der Waals surface area contributed by atoms with E-state index in [4.69, 9.17) is 0 Å². The van der Waals surface area contributed by atoms with Crippen LogP contribution < -0.4 is 0 Å². The third-order valence-corrected chi connectivity index (χ3v) is 5.57. The highest BCUT2D eigenvalue weighted by Crippen LogP contribution is 2.51. The van der Waals surface area contributed by atoms with Crippen LogP contribution in [-0.4, -0.2) is 11.6 Å². The molecule has 3 unspecified atom stereocenters. The van der Waals surface area contributed by atoms with Gasteiger partial charge >= 0.3 is 0 Å². The molecule has 0 amide bonds. The van der Waals surface area contributed by atoms with Gasteiger partial charge < -0.3 is 0 Å². The topological polar surface area (TPSA) is 34.1 Å². The molecule has 118 valence electrons. The van der Waals surface area contributed by atoms with Gasteiger partial charge in [-0.3, -0.25) is 9.59 Å². The lowest BCUT2D eigenvalue weighted by Gasteiger charge is -2.45. The Balaban J connectivity index is 2.18. The van der Waals surface area contributed by atoms with Crippen LogP contribution in [0.1, 0.15) is 74.7 Å². The number of carbonyl (C=O) groups excluding carboxylic acids is 2. The zero-order chi connectivity index (χ0) is 15.9. The first-order valence-corrected chi connectivity index (χ1v) is 8.56. The number of rotatable bonds is 0. The molecule has 2 aliphatic rings. The summed E-state index contributed by atoms with van der Waals surface area (Å²) < 4.78 is 0. The standard InChI is InChI=1S/C20H26O2/c1-20(2,3)18-14-9-5-4-8-13(14)12-17(21)19(22)16-11-7-6-10-15(16)18/h6-7,10-11,13-14,18H,4-5,8-9,12H2,1-3H3. The summed E-state index contributed by atoms with van der Waals surface area (Å²) in [5, 5.41) is 0. The van der Waals surface area contributed by atoms with Crippen molar-refractivity contribution in [2.45, 2.75) is 58.8 Å². The minimum absolute atomic E-state index is 0.0943. The average Bonchev–Trinajstić information content (AvgIpc) is 2.46. The predicted molar refractivity (Wildman–Crippen MR) is 88.0 cm³/mol. The quantitative estimate of drug-likeness (QED) is 0.646. The third-order valence-electron chi connectivity index (χ3n) is 5.57. The Kier molecular flexibility index (Phi) is 3.96. The second-order valence-corrected chi connectivity index (χ2v) is 8.10. The van der Waals surface area contributed by atoms with Crippen LogP contribution in [0.5, 0.6) is 0 Å². The summed E-state index contributed by atoms with van der Waals surface area (Å²) in [7, 11) is 0. The fourth-order valence-corrected chi connectivity index (χ4v) is 4.72. The molecule has 1 fully saturated rings. The minimum atomic E-state index is -0.270. The normalized spacial score (nSPS) is 29.3. The first-order chi connectivity index (χ1) is 10.4. The number of hydrogen-bond donors (Lipinski definition) is 0. The van der Waals surface area contributed by atoms with Crippen LogP contribution in [0.15, 0.2) is 24.3 Å². The third kappa shape index (κ3) is 2.64. The Morgan fingerprint density at radius 1 is 1.00 bits per heavy atom. The number of hydrogen-bond acceptors (Lipinski definition) is 2. The van der Waals surface area contributed by atoms with Gasteiger partial charge in [0.05, 0.1) is 0 Å². The summed E-state index contributed by atoms with van der Waals surface area (Å²) in [4.78, 5) is 25.0. The van der Waals surface area contributed by atoms with Gasteiger partial charge in [0.25, 0.3) is 0 Å². The van der Waals surface area contributed by atoms with E-state index in [0.29, 0.717) is 29.7 Å². The smallest absolute Gasteiger partial charge is 0.228 e. The molecule has 0 heterocycles. The molecular weight excluding hydrogens is 272 g/mol. The van der Waals surface area contributed by atoms with E-state index in [1.165, 1.54) is 19.3 Å². The summed E-state index contributed by atoms with van der Waals surface area (Å²) in [6.45, 7) is 6.82. The maximum Gasteiger partial charge on any atom is 0.228 e. The van der Waals surface area contributed by atoms with Gasteiger partial charge in [-0.05, 0) is 41.6 Å². The van der Waals surface area contributed by atoms with Crippen LogP contribution in [0.3, 0.4) is 0 Å². The molecule has 0 radical (unpaired) electrons. The molecule has 1 aromatic carbocycles. The van der Waals surface area contributed by atoms with E-state index < -0.39 is 0 Å². The fraction of sp³-hybridized carbons (Fsp3) is 0.600. The van der Waals surface area contributed by atoms with Crippen molar-refractivity contribution in [3.8, 4) is 0 Å². The summed E-state index contributed by atoms with van der Waals surface area (Å²) >= 11 is 0. The first kappa shape index (κ1) is 15.5. The largest absolute Gasteiger partial charge is 0.290 e. The van der Waals surface area contributed by atoms with Gasteiger partial charge in [0, 0.05) is 12.0 Å². The van der Waals surface area contributed by atoms with Gasteiger partial charge in [-0.15, -0.1) is 0 Å². The van der Waals surface area contributed by atoms with Crippen molar-refractivity contribution < 1.29 is 9.59 Å². The fourth-order valence-electron chi connectivity index (χ4n) is 4.72. The zero-order valence-corrected chi connectivity index (χ0v) is 13.9. The molecular formula is C20H26O2. The van der Waals surface area contributed by atoms with Crippen LogP contribution in [0, 0.1) is 17.3 Å². The Labute approximate surface area is 133 Å². The van der Waals surface area contributed by atoms with E-state index >= 15 is 0 Å². The molecule has 1 saturated carbocycles. The Bertz CT molecular complexity index is 594. The molecule has 2 heteroatoms. The first-order valence-electron chi connectivity index (χ1n) is 8.56. The van der Waals surface area contributed by atoms with Crippen molar-refractivity contribution in [2.24, 2.45) is 17.3 Å². The highest BCUT2D eigenvalue weighted by molar-refractivity contribution is 6.44. The lowest BCUT2D eigenvalue weighted by molar-refractivity contribution is -0.117. The number of fused-ring (bicyclic) bond motifs is 2. The summed E-state index contributed by atoms with van der Waals surface area (Å²) in [6, 6.07) is 7.81. The SMILES string of the molecule is CC(C)(C)C1c2ccccc2C(=O)C(=O)CC2CCCCC21. The molecule has 3 rings (SSSR count). The van der Waals surface area contributed by atoms with Gasteiger partial charge in [0.1, 0.15) is 0 Å². The van der Waals surface area contributed by atoms with E-state index in [9.17, 15) is 9.59 Å². The predicted octanol–water partition coefficient (Wildman–Crippen LogP) is 4.78. The van der Waals surface area contributed by atoms with Gasteiger partial charge in [-0.1, -0.05) is 57.9 Å². The van der Waals surface area contributed by atoms with Crippen LogP contribution in [0.25, 0.3) is 0 Å². The average molecular weight is 298 g/mol. The molecule has 0 aliphatic heterocycles. The second-order valence-electron chi connectivity index (χ2n) is 8.10. The maximum absolute atomic E-state index is 12.6. The van der Waals surface area contributed by atoms with Gasteiger partial charge in [0.2, 0.25) is 11.6 Å². The van der Waals surface area contributed by atoms with E-state index in [0.717, 1.165) is 12.0 Å². The molecule has 0 N–H and O–H groups in total. The number of carbonyl (C=O) groups is 2. The molecule has 22 heavy (non-hydrogen) atoms. The van der Waals surface area contributed by atoms with Crippen LogP contribution in [0.2, 0.25) is 0 Å². The molecule has 0 aromatic heterocycles. The number of benzene rings is 1. The Hall–Kier alpha value is -1.44. The van der Waals surface area contributed by atoms with Crippen molar-refractivity contribution in [3.05, 3.63) is 35.4 Å². The molecule has 1 aromatic rings. The Morgan fingerprint density at radius 2 is 1.68 bits per heavy atom. The molecule has 0 spiro atoms. The molecule has 0 bridgehead atoms. The monoisotopic (exact) mass is 298 g/mol. The van der Waals surface area contributed by atoms with E-state index in [1.807, 2.05) is 18.2 Å². The van der Waals surface area contributed by atoms with Crippen LogP contribution in [0.4, 0.5) is 0 Å². The highest BCUT2D eigenvalue weighted by Gasteiger charge is 2.43. The molecule has 0 saturated heterocycles. The van der Waals surface area contributed by atoms with Gasteiger partial charge in [-0.25, -0.2) is 0 Å². The number of ketones is 2. The van der Waals surface area contributed by atoms with Crippen molar-refractivity contribution in [2.75, 3.05) is 0 Å². The summed E-state index contributed by atoms with van der Waals surface area (Å²) in [5.41, 5.74) is 1.85. The van der Waals surface area contributed by atoms with Crippen molar-refractivity contribution in [3.63, 3.8) is 0 Å². The Morgan fingerprint density at radius 3 is 2.41 bits per heavy atom. The highest BCUT2D eigenvalue weighted by atomic mass is 16.2. The van der Waals surface area contributed by atoms with E-state index in [1.54, 1.807) is 0 Å². The van der Waals surface area contributed by atoms with E-state index in [2.05, 4.69) is 26.8 Å². The number of Topliss-reactive ketones (excluding diaryl/α,β-unsaturated/α-hetero) is 2. The van der Waals surface area contributed by atoms with Crippen molar-refractivity contribution >= 4 is 11.6 Å². The second kappa shape index (κ2) is 5.64. The van der Waals surface area contributed by atoms with Crippen molar-refractivity contribution in [1.29, 1.82) is 0 Å². The minimum Gasteiger partial charge on any atom is -0.290 e. The van der Waals surface area contributed by atoms with Crippen molar-refractivity contribution in [1.82, 2.24) is 0 Å². The molecule has 2 aliphatic carbocycles. The lowest BCUT2D eigenvalue weighted by atomic mass is 9.59. The maximum atomic E-state index is 12.6. The lowest BCUT2D eigenvalue weighted by Crippen LogP contribution is -2.38. The van der Waals surface area contributed by atoms with Crippen LogP contribution in [-0.2, 0) is 4.79 Å². The summed E-state index contributed by atoms with van der Waals surface area (Å²) in [6.07, 6.45) is 5.17. The molecule has 2 nitrogen and oxygen atoms in total. The zero-order valence-electron chi connectivity index (χ0n) is 13.9. The van der Waals surface area contributed by atoms with Crippen LogP contribution >= 0.6 is 0 Å². The van der Waals surface area contributed by atoms with Gasteiger partial charge in [-0.2, -0.15) is 0 Å². The molecule has 3 atom stereocenters.